The molecule has 2 aliphatic heterocycles. The van der Waals surface area contributed by atoms with Gasteiger partial charge in [0.1, 0.15) is 5.82 Å². The maximum atomic E-state index is 13.9. The number of hydrogen-bond acceptors (Lipinski definition) is 5. The van der Waals surface area contributed by atoms with Crippen molar-refractivity contribution in [3.8, 4) is 11.3 Å². The highest BCUT2D eigenvalue weighted by molar-refractivity contribution is 7.14. The summed E-state index contributed by atoms with van der Waals surface area (Å²) in [5, 5.41) is 7.88. The summed E-state index contributed by atoms with van der Waals surface area (Å²) in [6, 6.07) is 13.9. The van der Waals surface area contributed by atoms with Crippen molar-refractivity contribution in [1.82, 2.24) is 20.0 Å². The van der Waals surface area contributed by atoms with Gasteiger partial charge in [0.05, 0.1) is 39.0 Å². The number of amides is 3. The summed E-state index contributed by atoms with van der Waals surface area (Å²) in [6.45, 7) is 0.708. The average Bonchev–Trinajstić information content (AvgIpc) is 3.51. The van der Waals surface area contributed by atoms with Gasteiger partial charge in [0.15, 0.2) is 0 Å². The molecule has 38 heavy (non-hydrogen) atoms. The first kappa shape index (κ1) is 24.5. The van der Waals surface area contributed by atoms with Crippen LogP contribution in [-0.2, 0) is 19.4 Å². The summed E-state index contributed by atoms with van der Waals surface area (Å²) in [5.74, 6) is -1.54. The Hall–Kier alpha value is -3.82. The van der Waals surface area contributed by atoms with E-state index in [0.29, 0.717) is 26.6 Å². The third-order valence-corrected chi connectivity index (χ3v) is 8.31. The smallest absolute Gasteiger partial charge is 0.261 e. The first-order valence-corrected chi connectivity index (χ1v) is 13.4. The van der Waals surface area contributed by atoms with Crippen LogP contribution in [0.3, 0.4) is 0 Å². The minimum atomic E-state index is -0.637. The summed E-state index contributed by atoms with van der Waals surface area (Å²) >= 11 is 7.81. The fourth-order valence-corrected chi connectivity index (χ4v) is 6.46. The Morgan fingerprint density at radius 1 is 1.08 bits per heavy atom. The molecular formula is C28H22ClFN4O3S. The predicted molar refractivity (Wildman–Crippen MR) is 142 cm³/mol. The highest BCUT2D eigenvalue weighted by Crippen LogP contribution is 2.38. The van der Waals surface area contributed by atoms with Gasteiger partial charge >= 0.3 is 0 Å². The molecule has 0 radical (unpaired) electrons. The van der Waals surface area contributed by atoms with E-state index in [0.717, 1.165) is 40.4 Å². The lowest BCUT2D eigenvalue weighted by Crippen LogP contribution is -2.46. The minimum Gasteiger partial charge on any atom is -0.346 e. The molecule has 3 amide bonds. The Balaban J connectivity index is 1.28. The SMILES string of the molecule is O=C(N[C@@H](Cc1cccc(F)c1)CN1C(=O)c2ccccc2C1=O)c1cc2c(s1)CCCn1ncc(Cl)c1-2. The summed E-state index contributed by atoms with van der Waals surface area (Å²) in [4.78, 5) is 42.2. The maximum absolute atomic E-state index is 13.9. The second-order valence-corrected chi connectivity index (χ2v) is 10.9. The van der Waals surface area contributed by atoms with Crippen molar-refractivity contribution in [3.63, 3.8) is 0 Å². The molecule has 4 heterocycles. The zero-order chi connectivity index (χ0) is 26.4. The molecule has 1 atom stereocenters. The van der Waals surface area contributed by atoms with E-state index in [-0.39, 0.29) is 18.9 Å². The molecule has 0 saturated carbocycles. The normalized spacial score (nSPS) is 15.1. The first-order valence-electron chi connectivity index (χ1n) is 12.2. The van der Waals surface area contributed by atoms with Crippen LogP contribution in [0.2, 0.25) is 5.02 Å². The summed E-state index contributed by atoms with van der Waals surface area (Å²) < 4.78 is 15.8. The van der Waals surface area contributed by atoms with Gasteiger partial charge in [-0.25, -0.2) is 4.39 Å². The van der Waals surface area contributed by atoms with Gasteiger partial charge in [0, 0.05) is 23.5 Å². The fraction of sp³-hybridized carbons (Fsp3) is 0.214. The monoisotopic (exact) mass is 548 g/mol. The highest BCUT2D eigenvalue weighted by atomic mass is 35.5. The zero-order valence-corrected chi connectivity index (χ0v) is 21.7. The van der Waals surface area contributed by atoms with Crippen molar-refractivity contribution < 1.29 is 18.8 Å². The number of nitrogens with one attached hydrogen (secondary N) is 1. The quantitative estimate of drug-likeness (QED) is 0.344. The van der Waals surface area contributed by atoms with Crippen LogP contribution in [0.15, 0.2) is 60.8 Å². The van der Waals surface area contributed by atoms with Crippen LogP contribution in [0, 0.1) is 5.82 Å². The van der Waals surface area contributed by atoms with Gasteiger partial charge in [-0.1, -0.05) is 35.9 Å². The van der Waals surface area contributed by atoms with Crippen LogP contribution in [0.25, 0.3) is 11.3 Å². The second kappa shape index (κ2) is 9.81. The van der Waals surface area contributed by atoms with Gasteiger partial charge in [-0.05, 0) is 55.2 Å². The van der Waals surface area contributed by atoms with Crippen LogP contribution in [0.1, 0.15) is 47.2 Å². The van der Waals surface area contributed by atoms with E-state index >= 15 is 0 Å². The fourth-order valence-electron chi connectivity index (χ4n) is 5.11. The largest absolute Gasteiger partial charge is 0.346 e. The van der Waals surface area contributed by atoms with Gasteiger partial charge in [0.2, 0.25) is 0 Å². The lowest BCUT2D eigenvalue weighted by Gasteiger charge is -2.24. The molecule has 0 saturated heterocycles. The number of aromatic nitrogens is 2. The lowest BCUT2D eigenvalue weighted by atomic mass is 10.0. The summed E-state index contributed by atoms with van der Waals surface area (Å²) in [5.41, 5.74) is 3.01. The van der Waals surface area contributed by atoms with Crippen molar-refractivity contribution in [2.45, 2.75) is 31.8 Å². The Morgan fingerprint density at radius 2 is 1.84 bits per heavy atom. The minimum absolute atomic E-state index is 0.0434. The molecule has 7 nitrogen and oxygen atoms in total. The number of benzene rings is 2. The van der Waals surface area contributed by atoms with Gasteiger partial charge in [0.25, 0.3) is 17.7 Å². The molecule has 192 valence electrons. The van der Waals surface area contributed by atoms with E-state index in [1.54, 1.807) is 42.6 Å². The molecule has 2 aliphatic rings. The highest BCUT2D eigenvalue weighted by Gasteiger charge is 2.37. The average molecular weight is 549 g/mol. The molecule has 0 unspecified atom stereocenters. The van der Waals surface area contributed by atoms with Crippen LogP contribution in [0.4, 0.5) is 4.39 Å². The number of rotatable bonds is 6. The number of carbonyl (C=O) groups excluding carboxylic acids is 3. The van der Waals surface area contributed by atoms with Crippen LogP contribution in [-0.4, -0.2) is 45.0 Å². The van der Waals surface area contributed by atoms with Gasteiger partial charge in [-0.2, -0.15) is 5.10 Å². The number of halogens is 2. The van der Waals surface area contributed by atoms with E-state index < -0.39 is 23.7 Å². The van der Waals surface area contributed by atoms with Crippen molar-refractivity contribution in [3.05, 3.63) is 98.1 Å². The van der Waals surface area contributed by atoms with Crippen LogP contribution in [0.5, 0.6) is 0 Å². The molecule has 4 aromatic rings. The molecule has 2 aromatic heterocycles. The number of aryl methyl sites for hydroxylation is 2. The number of fused-ring (bicyclic) bond motifs is 4. The Kier molecular flexibility index (Phi) is 6.33. The molecule has 1 N–H and O–H groups in total. The number of hydrogen-bond donors (Lipinski definition) is 1. The van der Waals surface area contributed by atoms with Gasteiger partial charge in [-0.15, -0.1) is 11.3 Å². The van der Waals surface area contributed by atoms with E-state index in [2.05, 4.69) is 10.4 Å². The van der Waals surface area contributed by atoms with Crippen molar-refractivity contribution in [2.75, 3.05) is 6.54 Å². The third kappa shape index (κ3) is 4.41. The molecule has 0 aliphatic carbocycles. The Labute approximate surface area is 226 Å². The topological polar surface area (TPSA) is 84.3 Å². The molecule has 10 heteroatoms. The molecule has 2 aromatic carbocycles. The van der Waals surface area contributed by atoms with Crippen molar-refractivity contribution >= 4 is 40.7 Å². The summed E-state index contributed by atoms with van der Waals surface area (Å²) in [7, 11) is 0. The van der Waals surface area contributed by atoms with Crippen LogP contribution >= 0.6 is 22.9 Å². The third-order valence-electron chi connectivity index (χ3n) is 6.84. The summed E-state index contributed by atoms with van der Waals surface area (Å²) in [6.07, 6.45) is 3.53. The molecular weight excluding hydrogens is 527 g/mol. The van der Waals surface area contributed by atoms with E-state index in [1.165, 1.54) is 23.5 Å². The zero-order valence-electron chi connectivity index (χ0n) is 20.1. The predicted octanol–water partition coefficient (Wildman–Crippen LogP) is 4.99. The van der Waals surface area contributed by atoms with E-state index in [4.69, 9.17) is 11.6 Å². The lowest BCUT2D eigenvalue weighted by molar-refractivity contribution is 0.0629. The van der Waals surface area contributed by atoms with Gasteiger partial charge < -0.3 is 5.32 Å². The number of imide groups is 1. The molecule has 0 spiro atoms. The van der Waals surface area contributed by atoms with E-state index in [1.807, 2.05) is 10.7 Å². The van der Waals surface area contributed by atoms with Gasteiger partial charge in [-0.3, -0.25) is 24.0 Å². The molecule has 0 bridgehead atoms. The van der Waals surface area contributed by atoms with Crippen LogP contribution < -0.4 is 5.32 Å². The van der Waals surface area contributed by atoms with E-state index in [9.17, 15) is 18.8 Å². The standard InChI is InChI=1S/C28H22ClFN4O3S/c29-22-14-31-34-10-4-9-23-21(25(22)34)13-24(38-23)26(35)32-18(12-16-5-3-6-17(30)11-16)15-33-27(36)19-7-1-2-8-20(19)28(33)37/h1-3,5-8,11,13-14,18H,4,9-10,12,15H2,(H,32,35)/t18-/m0/s1. The second-order valence-electron chi connectivity index (χ2n) is 9.39. The van der Waals surface area contributed by atoms with Crippen molar-refractivity contribution in [1.29, 1.82) is 0 Å². The number of nitrogens with zero attached hydrogens (tertiary/aromatic N) is 3. The number of thiophene rings is 1. The molecule has 6 rings (SSSR count). The molecule has 0 fully saturated rings. The maximum Gasteiger partial charge on any atom is 0.261 e. The Morgan fingerprint density at radius 3 is 2.58 bits per heavy atom. The number of carbonyl (C=O) groups is 3. The first-order chi connectivity index (χ1) is 18.4. The van der Waals surface area contributed by atoms with Crippen molar-refractivity contribution in [2.24, 2.45) is 0 Å². The Bertz CT molecular complexity index is 1560.